The average Bonchev–Trinajstić information content (AvgIpc) is 2.74. The van der Waals surface area contributed by atoms with Gasteiger partial charge in [-0.1, -0.05) is 42.5 Å². The summed E-state index contributed by atoms with van der Waals surface area (Å²) in [5.74, 6) is 0.0632. The van der Waals surface area contributed by atoms with E-state index in [0.29, 0.717) is 13.1 Å². The number of rotatable bonds is 3. The maximum Gasteiger partial charge on any atom is 0.225 e. The number of amides is 1. The van der Waals surface area contributed by atoms with Gasteiger partial charge < -0.3 is 10.0 Å². The van der Waals surface area contributed by atoms with Crippen LogP contribution in [0.3, 0.4) is 0 Å². The predicted octanol–water partition coefficient (Wildman–Crippen LogP) is 1.98. The second-order valence-electron chi connectivity index (χ2n) is 5.13. The zero-order chi connectivity index (χ0) is 13.2. The molecule has 2 aromatic rings. The number of β-amino-alcohol motifs (C(OH)–C–C–N with tert-alkyl or cyclic N) is 1. The maximum absolute atomic E-state index is 11.6. The number of hydrogen-bond donors (Lipinski definition) is 1. The van der Waals surface area contributed by atoms with Crippen molar-refractivity contribution in [1.29, 1.82) is 0 Å². The van der Waals surface area contributed by atoms with Crippen LogP contribution in [0, 0.1) is 0 Å². The van der Waals surface area contributed by atoms with E-state index in [1.807, 2.05) is 12.1 Å². The Kier molecular flexibility index (Phi) is 3.22. The Morgan fingerprint density at radius 1 is 1.16 bits per heavy atom. The van der Waals surface area contributed by atoms with Gasteiger partial charge in [0.25, 0.3) is 0 Å². The highest BCUT2D eigenvalue weighted by Gasteiger charge is 2.27. The molecule has 2 aromatic carbocycles. The SMILES string of the molecule is O=C1CC(O)CN1CCc1ccc2ccccc2c1. The first-order valence-corrected chi connectivity index (χ1v) is 6.66. The summed E-state index contributed by atoms with van der Waals surface area (Å²) >= 11 is 0. The summed E-state index contributed by atoms with van der Waals surface area (Å²) in [5.41, 5.74) is 1.23. The fourth-order valence-electron chi connectivity index (χ4n) is 2.63. The number of benzene rings is 2. The minimum atomic E-state index is -0.482. The van der Waals surface area contributed by atoms with Gasteiger partial charge in [-0.2, -0.15) is 0 Å². The fraction of sp³-hybridized carbons (Fsp3) is 0.312. The molecule has 1 atom stereocenters. The highest BCUT2D eigenvalue weighted by atomic mass is 16.3. The zero-order valence-electron chi connectivity index (χ0n) is 10.7. The van der Waals surface area contributed by atoms with Crippen molar-refractivity contribution in [2.45, 2.75) is 18.9 Å². The minimum Gasteiger partial charge on any atom is -0.391 e. The van der Waals surface area contributed by atoms with Gasteiger partial charge in [-0.25, -0.2) is 0 Å². The van der Waals surface area contributed by atoms with E-state index in [4.69, 9.17) is 0 Å². The van der Waals surface area contributed by atoms with Gasteiger partial charge >= 0.3 is 0 Å². The number of fused-ring (bicyclic) bond motifs is 1. The molecule has 3 rings (SSSR count). The summed E-state index contributed by atoms with van der Waals surface area (Å²) in [6.07, 6.45) is 0.630. The van der Waals surface area contributed by atoms with E-state index < -0.39 is 6.10 Å². The van der Waals surface area contributed by atoms with Crippen molar-refractivity contribution in [2.75, 3.05) is 13.1 Å². The Balaban J connectivity index is 1.70. The van der Waals surface area contributed by atoms with Crippen LogP contribution in [0.25, 0.3) is 10.8 Å². The van der Waals surface area contributed by atoms with Crippen molar-refractivity contribution >= 4 is 16.7 Å². The summed E-state index contributed by atoms with van der Waals surface area (Å²) in [6, 6.07) is 14.7. The van der Waals surface area contributed by atoms with Crippen molar-refractivity contribution in [3.05, 3.63) is 48.0 Å². The quantitative estimate of drug-likeness (QED) is 0.911. The summed E-state index contributed by atoms with van der Waals surface area (Å²) in [7, 11) is 0. The molecule has 1 aliphatic rings. The van der Waals surface area contributed by atoms with Gasteiger partial charge in [-0.3, -0.25) is 4.79 Å². The highest BCUT2D eigenvalue weighted by Crippen LogP contribution is 2.17. The van der Waals surface area contributed by atoms with Crippen LogP contribution in [0.2, 0.25) is 0 Å². The van der Waals surface area contributed by atoms with Gasteiger partial charge in [0.05, 0.1) is 12.5 Å². The molecule has 0 radical (unpaired) electrons. The summed E-state index contributed by atoms with van der Waals surface area (Å²) in [4.78, 5) is 13.3. The van der Waals surface area contributed by atoms with E-state index in [1.54, 1.807) is 4.90 Å². The summed E-state index contributed by atoms with van der Waals surface area (Å²) in [5, 5.41) is 11.9. The molecule has 1 N–H and O–H groups in total. The number of carbonyl (C=O) groups excluding carboxylic acids is 1. The molecule has 1 fully saturated rings. The molecule has 0 aromatic heterocycles. The molecular weight excluding hydrogens is 238 g/mol. The molecule has 3 heteroatoms. The summed E-state index contributed by atoms with van der Waals surface area (Å²) < 4.78 is 0. The third-order valence-electron chi connectivity index (χ3n) is 3.68. The molecule has 1 aliphatic heterocycles. The topological polar surface area (TPSA) is 40.5 Å². The van der Waals surface area contributed by atoms with E-state index in [9.17, 15) is 9.90 Å². The largest absolute Gasteiger partial charge is 0.391 e. The van der Waals surface area contributed by atoms with Crippen molar-refractivity contribution in [3.8, 4) is 0 Å². The standard InChI is InChI=1S/C16H17NO2/c18-15-10-16(19)17(11-15)8-7-12-5-6-13-3-1-2-4-14(13)9-12/h1-6,9,15,18H,7-8,10-11H2. The molecule has 3 nitrogen and oxygen atoms in total. The zero-order valence-corrected chi connectivity index (χ0v) is 10.7. The molecule has 98 valence electrons. The number of hydrogen-bond acceptors (Lipinski definition) is 2. The third kappa shape index (κ3) is 2.61. The lowest BCUT2D eigenvalue weighted by atomic mass is 10.1. The Bertz CT molecular complexity index is 608. The average molecular weight is 255 g/mol. The van der Waals surface area contributed by atoms with Crippen LogP contribution in [-0.4, -0.2) is 35.1 Å². The van der Waals surface area contributed by atoms with Gasteiger partial charge in [0.15, 0.2) is 0 Å². The van der Waals surface area contributed by atoms with E-state index in [-0.39, 0.29) is 12.3 Å². The lowest BCUT2D eigenvalue weighted by molar-refractivity contribution is -0.127. The monoisotopic (exact) mass is 255 g/mol. The number of nitrogens with zero attached hydrogens (tertiary/aromatic N) is 1. The first kappa shape index (κ1) is 12.2. The van der Waals surface area contributed by atoms with Gasteiger partial charge in [0.1, 0.15) is 0 Å². The molecule has 0 bridgehead atoms. The molecule has 19 heavy (non-hydrogen) atoms. The Morgan fingerprint density at radius 3 is 2.68 bits per heavy atom. The number of aliphatic hydroxyl groups is 1. The molecule has 0 saturated carbocycles. The van der Waals surface area contributed by atoms with Crippen LogP contribution in [0.1, 0.15) is 12.0 Å². The Morgan fingerprint density at radius 2 is 1.95 bits per heavy atom. The smallest absolute Gasteiger partial charge is 0.225 e. The Hall–Kier alpha value is -1.87. The fourth-order valence-corrected chi connectivity index (χ4v) is 2.63. The second-order valence-corrected chi connectivity index (χ2v) is 5.13. The molecule has 1 heterocycles. The van der Waals surface area contributed by atoms with Crippen LogP contribution in [0.4, 0.5) is 0 Å². The second kappa shape index (κ2) is 5.02. The summed E-state index contributed by atoms with van der Waals surface area (Å²) in [6.45, 7) is 1.17. The first-order valence-electron chi connectivity index (χ1n) is 6.66. The van der Waals surface area contributed by atoms with Crippen LogP contribution >= 0.6 is 0 Å². The molecule has 1 saturated heterocycles. The van der Waals surface area contributed by atoms with Gasteiger partial charge in [0, 0.05) is 13.1 Å². The third-order valence-corrected chi connectivity index (χ3v) is 3.68. The van der Waals surface area contributed by atoms with Gasteiger partial charge in [-0.05, 0) is 22.8 Å². The molecule has 1 amide bonds. The van der Waals surface area contributed by atoms with Gasteiger partial charge in [-0.15, -0.1) is 0 Å². The molecule has 0 spiro atoms. The normalized spacial score (nSPS) is 19.3. The lowest BCUT2D eigenvalue weighted by Gasteiger charge is -2.15. The van der Waals surface area contributed by atoms with Crippen molar-refractivity contribution < 1.29 is 9.90 Å². The van der Waals surface area contributed by atoms with E-state index in [0.717, 1.165) is 6.42 Å². The molecule has 1 unspecified atom stereocenters. The van der Waals surface area contributed by atoms with Crippen molar-refractivity contribution in [2.24, 2.45) is 0 Å². The van der Waals surface area contributed by atoms with Crippen molar-refractivity contribution in [3.63, 3.8) is 0 Å². The van der Waals surface area contributed by atoms with E-state index >= 15 is 0 Å². The van der Waals surface area contributed by atoms with Crippen LogP contribution in [-0.2, 0) is 11.2 Å². The van der Waals surface area contributed by atoms with Crippen LogP contribution < -0.4 is 0 Å². The van der Waals surface area contributed by atoms with Crippen LogP contribution in [0.15, 0.2) is 42.5 Å². The first-order chi connectivity index (χ1) is 9.22. The highest BCUT2D eigenvalue weighted by molar-refractivity contribution is 5.83. The lowest BCUT2D eigenvalue weighted by Crippen LogP contribution is -2.28. The number of likely N-dealkylation sites (tertiary alicyclic amines) is 1. The maximum atomic E-state index is 11.6. The van der Waals surface area contributed by atoms with E-state index in [2.05, 4.69) is 30.3 Å². The molecule has 0 aliphatic carbocycles. The molecular formula is C16H17NO2. The van der Waals surface area contributed by atoms with E-state index in [1.165, 1.54) is 16.3 Å². The van der Waals surface area contributed by atoms with Gasteiger partial charge in [0.2, 0.25) is 5.91 Å². The number of carbonyl (C=O) groups is 1. The predicted molar refractivity (Wildman–Crippen MR) is 74.9 cm³/mol. The Labute approximate surface area is 112 Å². The van der Waals surface area contributed by atoms with Crippen molar-refractivity contribution in [1.82, 2.24) is 4.90 Å². The number of aliphatic hydroxyl groups excluding tert-OH is 1. The van der Waals surface area contributed by atoms with Crippen LogP contribution in [0.5, 0.6) is 0 Å². The minimum absolute atomic E-state index is 0.0632.